The van der Waals surface area contributed by atoms with Gasteiger partial charge in [0, 0.05) is 19.7 Å². The summed E-state index contributed by atoms with van der Waals surface area (Å²) >= 11 is 0. The van der Waals surface area contributed by atoms with Crippen LogP contribution in [0.3, 0.4) is 0 Å². The van der Waals surface area contributed by atoms with Gasteiger partial charge >= 0.3 is 0 Å². The zero-order valence-electron chi connectivity index (χ0n) is 9.73. The van der Waals surface area contributed by atoms with Crippen LogP contribution in [0.2, 0.25) is 0 Å². The van der Waals surface area contributed by atoms with Gasteiger partial charge in [-0.15, -0.1) is 12.4 Å². The van der Waals surface area contributed by atoms with E-state index in [1.165, 1.54) is 7.11 Å². The second-order valence-corrected chi connectivity index (χ2v) is 5.82. The first-order chi connectivity index (χ1) is 7.03. The first-order valence-electron chi connectivity index (χ1n) is 5.27. The maximum absolute atomic E-state index is 11.5. The molecule has 0 radical (unpaired) electrons. The highest BCUT2D eigenvalue weighted by Gasteiger charge is 2.19. The second kappa shape index (κ2) is 7.45. The average molecular weight is 273 g/mol. The fourth-order valence-corrected chi connectivity index (χ4v) is 2.92. The van der Waals surface area contributed by atoms with Gasteiger partial charge in [-0.2, -0.15) is 0 Å². The molecule has 0 bridgehead atoms. The van der Waals surface area contributed by atoms with E-state index < -0.39 is 10.0 Å². The van der Waals surface area contributed by atoms with Crippen molar-refractivity contribution in [1.82, 2.24) is 10.0 Å². The number of sulfonamides is 1. The van der Waals surface area contributed by atoms with Gasteiger partial charge in [0.25, 0.3) is 0 Å². The summed E-state index contributed by atoms with van der Waals surface area (Å²) in [4.78, 5) is 0. The molecule has 0 aliphatic carbocycles. The predicted octanol–water partition coefficient (Wildman–Crippen LogP) is 0.115. The van der Waals surface area contributed by atoms with E-state index in [0.29, 0.717) is 6.54 Å². The zero-order chi connectivity index (χ0) is 11.3. The lowest BCUT2D eigenvalue weighted by Crippen LogP contribution is -2.39. The Hall–Kier alpha value is 0.120. The number of rotatable bonds is 6. The summed E-state index contributed by atoms with van der Waals surface area (Å²) in [7, 11) is -1.68. The number of hydrogen-bond acceptors (Lipinski definition) is 4. The number of nitrogens with one attached hydrogen (secondary N) is 2. The quantitative estimate of drug-likeness (QED) is 0.721. The van der Waals surface area contributed by atoms with Crippen LogP contribution in [0.15, 0.2) is 0 Å². The lowest BCUT2D eigenvalue weighted by molar-refractivity contribution is 0.136. The molecule has 1 heterocycles. The van der Waals surface area contributed by atoms with Gasteiger partial charge in [0.15, 0.2) is 0 Å². The third-order valence-corrected chi connectivity index (χ3v) is 4.08. The van der Waals surface area contributed by atoms with Crippen molar-refractivity contribution >= 4 is 22.4 Å². The Bertz CT molecular complexity index is 278. The van der Waals surface area contributed by atoms with Gasteiger partial charge in [-0.3, -0.25) is 0 Å². The maximum atomic E-state index is 11.5. The Kier molecular flexibility index (Phi) is 7.50. The van der Waals surface area contributed by atoms with Gasteiger partial charge in [-0.25, -0.2) is 13.1 Å². The van der Waals surface area contributed by atoms with E-state index in [-0.39, 0.29) is 30.3 Å². The summed E-state index contributed by atoms with van der Waals surface area (Å²) in [6.07, 6.45) is 1.91. The molecule has 2 unspecified atom stereocenters. The van der Waals surface area contributed by atoms with E-state index in [0.717, 1.165) is 19.4 Å². The van der Waals surface area contributed by atoms with Gasteiger partial charge in [0.05, 0.1) is 11.9 Å². The molecule has 1 rings (SSSR count). The summed E-state index contributed by atoms with van der Waals surface area (Å²) < 4.78 is 30.6. The van der Waals surface area contributed by atoms with Gasteiger partial charge in [-0.1, -0.05) is 0 Å². The fourth-order valence-electron chi connectivity index (χ4n) is 1.59. The third-order valence-electron chi connectivity index (χ3n) is 2.57. The van der Waals surface area contributed by atoms with E-state index in [1.807, 2.05) is 0 Å². The summed E-state index contributed by atoms with van der Waals surface area (Å²) in [5.41, 5.74) is 0. The van der Waals surface area contributed by atoms with Crippen LogP contribution < -0.4 is 10.0 Å². The Morgan fingerprint density at radius 2 is 2.25 bits per heavy atom. The van der Waals surface area contributed by atoms with Crippen molar-refractivity contribution in [3.63, 3.8) is 0 Å². The Morgan fingerprint density at radius 1 is 1.56 bits per heavy atom. The molecule has 2 N–H and O–H groups in total. The van der Waals surface area contributed by atoms with Gasteiger partial charge in [0.2, 0.25) is 10.0 Å². The minimum absolute atomic E-state index is 0. The molecule has 7 heteroatoms. The molecule has 1 aliphatic heterocycles. The van der Waals surface area contributed by atoms with Crippen molar-refractivity contribution in [2.24, 2.45) is 0 Å². The van der Waals surface area contributed by atoms with Crippen LogP contribution in [-0.2, 0) is 14.8 Å². The van der Waals surface area contributed by atoms with E-state index in [1.54, 1.807) is 6.92 Å². The van der Waals surface area contributed by atoms with Crippen LogP contribution in [0, 0.1) is 0 Å². The summed E-state index contributed by atoms with van der Waals surface area (Å²) in [6.45, 7) is 3.21. The third kappa shape index (κ3) is 6.00. The molecule has 1 fully saturated rings. The highest BCUT2D eigenvalue weighted by atomic mass is 35.5. The van der Waals surface area contributed by atoms with Crippen molar-refractivity contribution < 1.29 is 13.2 Å². The molecular formula is C9H21ClN2O3S. The molecule has 0 amide bonds. The smallest absolute Gasteiger partial charge is 0.214 e. The summed E-state index contributed by atoms with van der Waals surface area (Å²) in [6, 6.07) is 0.289. The lowest BCUT2D eigenvalue weighted by atomic mass is 10.2. The molecule has 1 aliphatic rings. The number of ether oxygens (including phenoxy) is 1. The predicted molar refractivity (Wildman–Crippen MR) is 66.5 cm³/mol. The topological polar surface area (TPSA) is 67.4 Å². The summed E-state index contributed by atoms with van der Waals surface area (Å²) in [5.74, 6) is 0.0240. The average Bonchev–Trinajstić information content (AvgIpc) is 2.66. The minimum atomic E-state index is -3.20. The van der Waals surface area contributed by atoms with Crippen molar-refractivity contribution in [2.75, 3.05) is 26.0 Å². The van der Waals surface area contributed by atoms with Crippen LogP contribution in [0.25, 0.3) is 0 Å². The fraction of sp³-hybridized carbons (Fsp3) is 1.00. The van der Waals surface area contributed by atoms with Crippen molar-refractivity contribution in [1.29, 1.82) is 0 Å². The standard InChI is InChI=1S/C9H20N2O3S.ClH/c1-8(14-2)7-15(12,13)11-6-9-4-3-5-10-9;/h8-11H,3-7H2,1-2H3;1H. The highest BCUT2D eigenvalue weighted by molar-refractivity contribution is 7.89. The summed E-state index contributed by atoms with van der Waals surface area (Å²) in [5, 5.41) is 3.24. The largest absolute Gasteiger partial charge is 0.381 e. The van der Waals surface area contributed by atoms with Crippen LogP contribution in [0.5, 0.6) is 0 Å². The first-order valence-corrected chi connectivity index (χ1v) is 6.92. The van der Waals surface area contributed by atoms with E-state index in [2.05, 4.69) is 10.0 Å². The molecule has 98 valence electrons. The van der Waals surface area contributed by atoms with Gasteiger partial charge < -0.3 is 10.1 Å². The molecule has 0 aromatic heterocycles. The molecule has 0 saturated carbocycles. The van der Waals surface area contributed by atoms with Crippen molar-refractivity contribution in [3.05, 3.63) is 0 Å². The molecule has 0 aromatic carbocycles. The molecule has 0 spiro atoms. The van der Waals surface area contributed by atoms with Crippen molar-refractivity contribution in [2.45, 2.75) is 31.9 Å². The molecule has 16 heavy (non-hydrogen) atoms. The van der Waals surface area contributed by atoms with Gasteiger partial charge in [0.1, 0.15) is 0 Å². The number of hydrogen-bond donors (Lipinski definition) is 2. The normalized spacial score (nSPS) is 22.8. The zero-order valence-corrected chi connectivity index (χ0v) is 11.4. The molecule has 5 nitrogen and oxygen atoms in total. The van der Waals surface area contributed by atoms with Crippen LogP contribution in [0.1, 0.15) is 19.8 Å². The Balaban J connectivity index is 0.00000225. The number of halogens is 1. The van der Waals surface area contributed by atoms with E-state index in [4.69, 9.17) is 4.74 Å². The highest BCUT2D eigenvalue weighted by Crippen LogP contribution is 2.04. The van der Waals surface area contributed by atoms with Crippen LogP contribution in [-0.4, -0.2) is 46.5 Å². The SMILES string of the molecule is COC(C)CS(=O)(=O)NCC1CCCN1.Cl. The number of methoxy groups -OCH3 is 1. The van der Waals surface area contributed by atoms with Crippen molar-refractivity contribution in [3.8, 4) is 0 Å². The van der Waals surface area contributed by atoms with Crippen LogP contribution in [0.4, 0.5) is 0 Å². The lowest BCUT2D eigenvalue weighted by Gasteiger charge is -2.14. The van der Waals surface area contributed by atoms with Gasteiger partial charge in [-0.05, 0) is 26.3 Å². The minimum Gasteiger partial charge on any atom is -0.381 e. The van der Waals surface area contributed by atoms with E-state index >= 15 is 0 Å². The van der Waals surface area contributed by atoms with Crippen LogP contribution >= 0.6 is 12.4 Å². The monoisotopic (exact) mass is 272 g/mol. The second-order valence-electron chi connectivity index (χ2n) is 3.97. The Morgan fingerprint density at radius 3 is 2.75 bits per heavy atom. The molecule has 0 aromatic rings. The molecular weight excluding hydrogens is 252 g/mol. The molecule has 2 atom stereocenters. The first kappa shape index (κ1) is 16.1. The van der Waals surface area contributed by atoms with E-state index in [9.17, 15) is 8.42 Å². The Labute approximate surface area is 104 Å². The maximum Gasteiger partial charge on any atom is 0.214 e. The molecule has 1 saturated heterocycles.